The maximum Gasteiger partial charge on any atom is 0.175 e. The van der Waals surface area contributed by atoms with Gasteiger partial charge in [0.05, 0.1) is 5.75 Å². The molecule has 100 valence electrons. The van der Waals surface area contributed by atoms with E-state index in [2.05, 4.69) is 4.98 Å². The third-order valence-corrected chi connectivity index (χ3v) is 4.26. The minimum Gasteiger partial charge on any atom is -0.398 e. The molecule has 3 rings (SSSR count). The molecule has 0 spiro atoms. The van der Waals surface area contributed by atoms with E-state index in [0.717, 1.165) is 21.4 Å². The zero-order valence-electron chi connectivity index (χ0n) is 10.8. The number of Topliss-reactive ketones (excluding diaryl/α,β-unsaturated/α-hetero) is 1. The number of nitrogens with two attached hydrogens (primary N) is 1. The predicted molar refractivity (Wildman–Crippen MR) is 84.2 cm³/mol. The van der Waals surface area contributed by atoms with Crippen LogP contribution in [-0.2, 0) is 0 Å². The lowest BCUT2D eigenvalue weighted by molar-refractivity contribution is 0.102. The van der Waals surface area contributed by atoms with Gasteiger partial charge in [0.25, 0.3) is 0 Å². The number of H-pyrrole nitrogens is 1. The number of hydrogen-bond donors (Lipinski definition) is 2. The Kier molecular flexibility index (Phi) is 3.48. The third kappa shape index (κ3) is 2.42. The highest BCUT2D eigenvalue weighted by atomic mass is 32.2. The van der Waals surface area contributed by atoms with Crippen LogP contribution in [0, 0.1) is 0 Å². The van der Waals surface area contributed by atoms with Crippen LogP contribution < -0.4 is 5.73 Å². The average molecular weight is 282 g/mol. The summed E-state index contributed by atoms with van der Waals surface area (Å²) in [7, 11) is 0. The second kappa shape index (κ2) is 5.43. The van der Waals surface area contributed by atoms with Crippen LogP contribution in [0.3, 0.4) is 0 Å². The second-order valence-corrected chi connectivity index (χ2v) is 5.51. The van der Waals surface area contributed by atoms with Crippen molar-refractivity contribution in [2.24, 2.45) is 0 Å². The molecule has 0 atom stereocenters. The first-order valence-corrected chi connectivity index (χ1v) is 7.31. The van der Waals surface area contributed by atoms with Crippen molar-refractivity contribution in [1.82, 2.24) is 4.98 Å². The van der Waals surface area contributed by atoms with Crippen molar-refractivity contribution in [2.75, 3.05) is 11.5 Å². The van der Waals surface area contributed by atoms with Crippen LogP contribution >= 0.6 is 11.8 Å². The monoisotopic (exact) mass is 282 g/mol. The first kappa shape index (κ1) is 12.8. The van der Waals surface area contributed by atoms with E-state index in [4.69, 9.17) is 5.73 Å². The van der Waals surface area contributed by atoms with Gasteiger partial charge in [0.15, 0.2) is 5.78 Å². The summed E-state index contributed by atoms with van der Waals surface area (Å²) in [5, 5.41) is 0.971. The summed E-state index contributed by atoms with van der Waals surface area (Å²) in [6.07, 6.45) is 1.78. The number of para-hydroxylation sites is 2. The number of hydrogen-bond acceptors (Lipinski definition) is 3. The third-order valence-electron chi connectivity index (χ3n) is 3.17. The Morgan fingerprint density at radius 3 is 2.70 bits per heavy atom. The number of rotatable bonds is 4. The van der Waals surface area contributed by atoms with E-state index in [1.807, 2.05) is 48.5 Å². The van der Waals surface area contributed by atoms with Gasteiger partial charge in [0.1, 0.15) is 0 Å². The second-order valence-electron chi connectivity index (χ2n) is 4.50. The lowest BCUT2D eigenvalue weighted by Gasteiger charge is -2.04. The van der Waals surface area contributed by atoms with E-state index in [1.54, 1.807) is 6.20 Å². The molecule has 0 aliphatic heterocycles. The maximum absolute atomic E-state index is 12.3. The van der Waals surface area contributed by atoms with Crippen LogP contribution in [0.2, 0.25) is 0 Å². The fraction of sp³-hybridized carbons (Fsp3) is 0.0625. The quantitative estimate of drug-likeness (QED) is 0.435. The Morgan fingerprint density at radius 2 is 1.85 bits per heavy atom. The van der Waals surface area contributed by atoms with Gasteiger partial charge < -0.3 is 10.7 Å². The van der Waals surface area contributed by atoms with Crippen LogP contribution in [0.1, 0.15) is 10.4 Å². The molecule has 3 nitrogen and oxygen atoms in total. The molecule has 0 fully saturated rings. The van der Waals surface area contributed by atoms with E-state index in [9.17, 15) is 4.79 Å². The maximum atomic E-state index is 12.3. The highest BCUT2D eigenvalue weighted by Crippen LogP contribution is 2.26. The summed E-state index contributed by atoms with van der Waals surface area (Å²) in [6, 6.07) is 15.4. The van der Waals surface area contributed by atoms with Gasteiger partial charge in [0.2, 0.25) is 0 Å². The molecule has 3 N–H and O–H groups in total. The van der Waals surface area contributed by atoms with Crippen molar-refractivity contribution in [1.29, 1.82) is 0 Å². The molecule has 1 aromatic heterocycles. The number of aromatic nitrogens is 1. The van der Waals surface area contributed by atoms with E-state index in [1.165, 1.54) is 11.8 Å². The molecule has 3 aromatic rings. The standard InChI is InChI=1S/C16H14N2OS/c17-13-6-2-4-8-16(13)20-10-15(19)12-9-18-14-7-3-1-5-11(12)14/h1-9,18H,10,17H2. The summed E-state index contributed by atoms with van der Waals surface area (Å²) >= 11 is 1.47. The fourth-order valence-electron chi connectivity index (χ4n) is 2.14. The topological polar surface area (TPSA) is 58.9 Å². The summed E-state index contributed by atoms with van der Waals surface area (Å²) in [4.78, 5) is 16.4. The molecule has 0 saturated heterocycles. The lowest BCUT2D eigenvalue weighted by atomic mass is 10.1. The number of carbonyl (C=O) groups is 1. The van der Waals surface area contributed by atoms with Crippen LogP contribution in [-0.4, -0.2) is 16.5 Å². The number of carbonyl (C=O) groups excluding carboxylic acids is 1. The zero-order valence-corrected chi connectivity index (χ0v) is 11.6. The minimum absolute atomic E-state index is 0.107. The molecule has 0 bridgehead atoms. The lowest BCUT2D eigenvalue weighted by Crippen LogP contribution is -2.01. The van der Waals surface area contributed by atoms with Crippen LogP contribution in [0.15, 0.2) is 59.6 Å². The van der Waals surface area contributed by atoms with E-state index in [0.29, 0.717) is 11.4 Å². The van der Waals surface area contributed by atoms with Crippen molar-refractivity contribution >= 4 is 34.1 Å². The van der Waals surface area contributed by atoms with Gasteiger partial charge in [-0.25, -0.2) is 0 Å². The van der Waals surface area contributed by atoms with Gasteiger partial charge >= 0.3 is 0 Å². The number of nitrogen functional groups attached to an aromatic ring is 1. The number of benzene rings is 2. The van der Waals surface area contributed by atoms with Crippen LogP contribution in [0.5, 0.6) is 0 Å². The summed E-state index contributed by atoms with van der Waals surface area (Å²) < 4.78 is 0. The Balaban J connectivity index is 1.79. The van der Waals surface area contributed by atoms with Crippen molar-refractivity contribution in [3.05, 3.63) is 60.3 Å². The molecule has 1 heterocycles. The van der Waals surface area contributed by atoms with Gasteiger partial charge in [-0.2, -0.15) is 0 Å². The Morgan fingerprint density at radius 1 is 1.10 bits per heavy atom. The predicted octanol–water partition coefficient (Wildman–Crippen LogP) is 3.73. The molecule has 0 saturated carbocycles. The normalized spacial score (nSPS) is 10.8. The molecule has 20 heavy (non-hydrogen) atoms. The first-order chi connectivity index (χ1) is 9.75. The number of ketones is 1. The van der Waals surface area contributed by atoms with Crippen molar-refractivity contribution in [2.45, 2.75) is 4.90 Å². The van der Waals surface area contributed by atoms with Crippen LogP contribution in [0.25, 0.3) is 10.9 Å². The van der Waals surface area contributed by atoms with E-state index >= 15 is 0 Å². The fourth-order valence-corrected chi connectivity index (χ4v) is 2.99. The Labute approximate surface area is 121 Å². The highest BCUT2D eigenvalue weighted by Gasteiger charge is 2.12. The van der Waals surface area contributed by atoms with Crippen molar-refractivity contribution in [3.8, 4) is 0 Å². The molecule has 4 heteroatoms. The minimum atomic E-state index is 0.107. The smallest absolute Gasteiger partial charge is 0.175 e. The summed E-state index contributed by atoms with van der Waals surface area (Å²) in [5.74, 6) is 0.492. The molecular weight excluding hydrogens is 268 g/mol. The van der Waals surface area contributed by atoms with Crippen molar-refractivity contribution < 1.29 is 4.79 Å². The SMILES string of the molecule is Nc1ccccc1SCC(=O)c1c[nH]c2ccccc12. The van der Waals surface area contributed by atoms with Gasteiger partial charge in [0, 0.05) is 33.2 Å². The first-order valence-electron chi connectivity index (χ1n) is 6.32. The van der Waals surface area contributed by atoms with Gasteiger partial charge in [-0.1, -0.05) is 30.3 Å². The Hall–Kier alpha value is -2.20. The molecule has 0 radical (unpaired) electrons. The van der Waals surface area contributed by atoms with Gasteiger partial charge in [-0.15, -0.1) is 11.8 Å². The van der Waals surface area contributed by atoms with E-state index in [-0.39, 0.29) is 5.78 Å². The summed E-state index contributed by atoms with van der Waals surface area (Å²) in [5.41, 5.74) is 8.31. The van der Waals surface area contributed by atoms with E-state index < -0.39 is 0 Å². The molecular formula is C16H14N2OS. The number of fused-ring (bicyclic) bond motifs is 1. The molecule has 0 aliphatic rings. The molecule has 0 amide bonds. The molecule has 0 aliphatic carbocycles. The number of aromatic amines is 1. The molecule has 2 aromatic carbocycles. The van der Waals surface area contributed by atoms with Gasteiger partial charge in [-0.05, 0) is 18.2 Å². The molecule has 0 unspecified atom stereocenters. The van der Waals surface area contributed by atoms with Gasteiger partial charge in [-0.3, -0.25) is 4.79 Å². The highest BCUT2D eigenvalue weighted by molar-refractivity contribution is 8.00. The number of anilines is 1. The Bertz CT molecular complexity index is 764. The van der Waals surface area contributed by atoms with Crippen molar-refractivity contribution in [3.63, 3.8) is 0 Å². The zero-order chi connectivity index (χ0) is 13.9. The number of thioether (sulfide) groups is 1. The largest absolute Gasteiger partial charge is 0.398 e. The van der Waals surface area contributed by atoms with Crippen LogP contribution in [0.4, 0.5) is 5.69 Å². The number of nitrogens with one attached hydrogen (secondary N) is 1. The summed E-state index contributed by atoms with van der Waals surface area (Å²) in [6.45, 7) is 0. The average Bonchev–Trinajstić information content (AvgIpc) is 2.90.